The maximum Gasteiger partial charge on any atom is 0.423 e. The molecule has 0 spiro atoms. The molecule has 2 aromatic rings. The Labute approximate surface area is 309 Å². The predicted molar refractivity (Wildman–Crippen MR) is 186 cm³/mol. The lowest BCUT2D eigenvalue weighted by Gasteiger charge is -2.25. The van der Waals surface area contributed by atoms with Crippen molar-refractivity contribution in [1.82, 2.24) is 0 Å². The lowest BCUT2D eigenvalue weighted by atomic mass is 9.83. The van der Waals surface area contributed by atoms with Crippen LogP contribution in [0.2, 0.25) is 30.1 Å². The van der Waals surface area contributed by atoms with E-state index in [0.717, 1.165) is 37.8 Å². The van der Waals surface area contributed by atoms with Crippen molar-refractivity contribution < 1.29 is 38.1 Å². The third kappa shape index (κ3) is 8.50. The molecule has 14 heteroatoms. The molecule has 2 aliphatic rings. The Hall–Kier alpha value is -1.94. The van der Waals surface area contributed by atoms with Gasteiger partial charge in [-0.05, 0) is 72.3 Å². The summed E-state index contributed by atoms with van der Waals surface area (Å²) < 4.78 is 21.5. The molecular formula is C34H36Cl6O8. The van der Waals surface area contributed by atoms with E-state index in [9.17, 15) is 19.2 Å². The first kappa shape index (κ1) is 38.9. The minimum Gasteiger partial charge on any atom is -0.462 e. The maximum atomic E-state index is 13.2. The largest absolute Gasteiger partial charge is 0.462 e. The van der Waals surface area contributed by atoms with E-state index < -0.39 is 46.5 Å². The predicted octanol–water partition coefficient (Wildman–Crippen LogP) is 10.6. The quantitative estimate of drug-likeness (QED) is 0.0907. The van der Waals surface area contributed by atoms with Crippen LogP contribution < -0.4 is 9.47 Å². The van der Waals surface area contributed by atoms with Crippen molar-refractivity contribution in [3.05, 3.63) is 53.4 Å². The number of rotatable bonds is 12. The van der Waals surface area contributed by atoms with Gasteiger partial charge in [-0.2, -0.15) is 0 Å². The van der Waals surface area contributed by atoms with E-state index in [1.54, 1.807) is 0 Å². The van der Waals surface area contributed by atoms with Gasteiger partial charge in [-0.15, -0.1) is 0 Å². The first-order valence-electron chi connectivity index (χ1n) is 15.4. The van der Waals surface area contributed by atoms with Crippen molar-refractivity contribution in [2.75, 3.05) is 13.2 Å². The number of esters is 4. The molecule has 0 saturated heterocycles. The fourth-order valence-corrected chi connectivity index (χ4v) is 6.95. The molecule has 0 bridgehead atoms. The molecule has 2 saturated carbocycles. The highest BCUT2D eigenvalue weighted by atomic mass is 35.5. The van der Waals surface area contributed by atoms with Gasteiger partial charge in [-0.25, -0.2) is 19.2 Å². The van der Waals surface area contributed by atoms with Gasteiger partial charge in [0.1, 0.15) is 11.1 Å². The molecular weight excluding hydrogens is 749 g/mol. The van der Waals surface area contributed by atoms with E-state index >= 15 is 0 Å². The lowest BCUT2D eigenvalue weighted by molar-refractivity contribution is -0.156. The minimum atomic E-state index is -1.64. The average Bonchev–Trinajstić information content (AvgIpc) is 3.97. The molecule has 0 amide bonds. The highest BCUT2D eigenvalue weighted by Gasteiger charge is 2.45. The van der Waals surface area contributed by atoms with Gasteiger partial charge in [0.15, 0.2) is 11.5 Å². The summed E-state index contributed by atoms with van der Waals surface area (Å²) in [7, 11) is 0. The second kappa shape index (κ2) is 15.1. The Morgan fingerprint density at radius 2 is 0.917 bits per heavy atom. The van der Waals surface area contributed by atoms with Crippen molar-refractivity contribution in [2.24, 2.45) is 34.5 Å². The van der Waals surface area contributed by atoms with Gasteiger partial charge in [0.2, 0.25) is 0 Å². The molecule has 4 unspecified atom stereocenters. The Balaban J connectivity index is 1.52. The van der Waals surface area contributed by atoms with Crippen molar-refractivity contribution >= 4 is 93.5 Å². The van der Waals surface area contributed by atoms with Crippen LogP contribution in [0, 0.1) is 34.5 Å². The molecule has 0 heterocycles. The Morgan fingerprint density at radius 3 is 1.21 bits per heavy atom. The van der Waals surface area contributed by atoms with Crippen molar-refractivity contribution in [3.63, 3.8) is 0 Å². The number of benzene rings is 2. The van der Waals surface area contributed by atoms with Crippen LogP contribution in [-0.4, -0.2) is 37.1 Å². The van der Waals surface area contributed by atoms with Crippen LogP contribution in [0.3, 0.4) is 0 Å². The number of carbonyl (C=O) groups excluding carboxylic acids is 4. The van der Waals surface area contributed by atoms with Gasteiger partial charge >= 0.3 is 23.9 Å². The number of hydrogen-bond donors (Lipinski definition) is 0. The molecule has 4 rings (SSSR count). The van der Waals surface area contributed by atoms with E-state index in [1.807, 2.05) is 13.8 Å². The molecule has 0 aliphatic heterocycles. The van der Waals surface area contributed by atoms with E-state index in [1.165, 1.54) is 0 Å². The van der Waals surface area contributed by atoms with Crippen molar-refractivity contribution in [2.45, 2.75) is 67.2 Å². The number of ether oxygens (including phenoxy) is 4. The average molecular weight is 785 g/mol. The van der Waals surface area contributed by atoms with Gasteiger partial charge in [0.25, 0.3) is 0 Å². The summed E-state index contributed by atoms with van der Waals surface area (Å²) in [5.41, 5.74) is -0.562. The van der Waals surface area contributed by atoms with Crippen LogP contribution in [-0.2, 0) is 19.1 Å². The SMILES string of the molecule is CC(COC(=O)c1c(Cl)c(Cl)cc(Cl)c1OC(=O)C(=O)Oc1c(Cl)cc(Cl)c(Cl)c1C(=O)OCC(C)C(C)C1(C)CC1)C(C)C1(C)CC1. The normalized spacial score (nSPS) is 18.2. The van der Waals surface area contributed by atoms with E-state index in [0.29, 0.717) is 0 Å². The van der Waals surface area contributed by atoms with E-state index in [2.05, 4.69) is 27.7 Å². The second-order valence-corrected chi connectivity index (χ2v) is 15.9. The van der Waals surface area contributed by atoms with E-state index in [4.69, 9.17) is 88.6 Å². The third-order valence-electron chi connectivity index (χ3n) is 10.2. The highest BCUT2D eigenvalue weighted by molar-refractivity contribution is 6.47. The Bertz CT molecular complexity index is 1510. The monoisotopic (exact) mass is 782 g/mol. The van der Waals surface area contributed by atoms with Crippen LogP contribution >= 0.6 is 69.6 Å². The second-order valence-electron chi connectivity index (χ2n) is 13.5. The maximum absolute atomic E-state index is 13.2. The molecule has 2 aromatic carbocycles. The van der Waals surface area contributed by atoms with Crippen LogP contribution in [0.15, 0.2) is 12.1 Å². The Morgan fingerprint density at radius 1 is 0.604 bits per heavy atom. The van der Waals surface area contributed by atoms with Gasteiger partial charge in [0.05, 0.1) is 43.3 Å². The fourth-order valence-electron chi connectivity index (χ4n) is 5.52. The summed E-state index contributed by atoms with van der Waals surface area (Å²) >= 11 is 37.6. The summed E-state index contributed by atoms with van der Waals surface area (Å²) in [6, 6.07) is 2.26. The molecule has 2 fully saturated rings. The lowest BCUT2D eigenvalue weighted by Crippen LogP contribution is -2.28. The van der Waals surface area contributed by atoms with Gasteiger partial charge in [-0.1, -0.05) is 111 Å². The first-order valence-corrected chi connectivity index (χ1v) is 17.7. The van der Waals surface area contributed by atoms with Gasteiger partial charge < -0.3 is 18.9 Å². The molecule has 262 valence electrons. The zero-order chi connectivity index (χ0) is 35.9. The van der Waals surface area contributed by atoms with Crippen LogP contribution in [0.25, 0.3) is 0 Å². The summed E-state index contributed by atoms with van der Waals surface area (Å²) in [4.78, 5) is 52.6. The summed E-state index contributed by atoms with van der Waals surface area (Å²) in [5.74, 6) is -5.87. The standard InChI is InChI=1S/C34H36Cl6O8/c1-15(17(3)33(5)7-8-33)13-45-29(41)23-25(39)19(35)11-21(37)27(23)47-31(43)32(44)48-28-22(38)12-20(36)26(40)24(28)30(42)46-14-16(2)18(4)34(6)9-10-34/h11-12,15-18H,7-10,13-14H2,1-6H3. The zero-order valence-electron chi connectivity index (χ0n) is 27.2. The smallest absolute Gasteiger partial charge is 0.423 e. The third-order valence-corrected chi connectivity index (χ3v) is 12.3. The van der Waals surface area contributed by atoms with Crippen LogP contribution in [0.5, 0.6) is 11.5 Å². The summed E-state index contributed by atoms with van der Waals surface area (Å²) in [6.45, 7) is 12.5. The molecule has 0 radical (unpaired) electrons. The fraction of sp³-hybridized carbons (Fsp3) is 0.529. The number of carbonyl (C=O) groups is 4. The van der Waals surface area contributed by atoms with Gasteiger partial charge in [-0.3, -0.25) is 0 Å². The Kier molecular flexibility index (Phi) is 12.2. The summed E-state index contributed by atoms with van der Waals surface area (Å²) in [5, 5.41) is -1.50. The number of halogens is 6. The van der Waals surface area contributed by atoms with Crippen LogP contribution in [0.4, 0.5) is 0 Å². The van der Waals surface area contributed by atoms with E-state index in [-0.39, 0.29) is 77.9 Å². The van der Waals surface area contributed by atoms with Crippen molar-refractivity contribution in [3.8, 4) is 11.5 Å². The molecule has 4 atom stereocenters. The van der Waals surface area contributed by atoms with Crippen molar-refractivity contribution in [1.29, 1.82) is 0 Å². The summed E-state index contributed by atoms with van der Waals surface area (Å²) in [6.07, 6.45) is 4.36. The minimum absolute atomic E-state index is 0.000729. The topological polar surface area (TPSA) is 105 Å². The van der Waals surface area contributed by atoms with Crippen LogP contribution in [0.1, 0.15) is 87.9 Å². The van der Waals surface area contributed by atoms with Gasteiger partial charge in [0, 0.05) is 0 Å². The number of hydrogen-bond acceptors (Lipinski definition) is 8. The molecule has 8 nitrogen and oxygen atoms in total. The molecule has 0 aromatic heterocycles. The zero-order valence-corrected chi connectivity index (χ0v) is 31.8. The molecule has 0 N–H and O–H groups in total. The molecule has 2 aliphatic carbocycles. The highest BCUT2D eigenvalue weighted by Crippen LogP contribution is 2.54. The molecule has 48 heavy (non-hydrogen) atoms. The first-order chi connectivity index (χ1) is 22.3.